The number of halogens is 1. The van der Waals surface area contributed by atoms with Crippen molar-refractivity contribution in [2.75, 3.05) is 68.4 Å². The molecule has 0 radical (unpaired) electrons. The quantitative estimate of drug-likeness (QED) is 0.0408. The van der Waals surface area contributed by atoms with Gasteiger partial charge in [-0.15, -0.1) is 0 Å². The summed E-state index contributed by atoms with van der Waals surface area (Å²) in [5.41, 5.74) is 12.6. The first-order chi connectivity index (χ1) is 52.0. The van der Waals surface area contributed by atoms with Gasteiger partial charge in [0, 0.05) is 36.3 Å². The number of methoxy groups -OCH3 is 6. The number of alkyl halides is 1. The van der Waals surface area contributed by atoms with Crippen molar-refractivity contribution in [2.45, 2.75) is 172 Å². The first-order valence-electron chi connectivity index (χ1n) is 34.9. The number of nitrogens with two attached hydrogens (primary N) is 1. The number of anilines is 5. The van der Waals surface area contributed by atoms with Crippen LogP contribution >= 0.6 is 15.9 Å². The molecule has 29 heteroatoms. The van der Waals surface area contributed by atoms with E-state index in [1.54, 1.807) is 113 Å². The molecule has 3 aromatic carbocycles. The lowest BCUT2D eigenvalue weighted by molar-refractivity contribution is 0.0564. The Labute approximate surface area is 658 Å². The van der Waals surface area contributed by atoms with Gasteiger partial charge in [0.1, 0.15) is 68.7 Å². The second kappa shape index (κ2) is 42.5. The lowest BCUT2D eigenvalue weighted by Gasteiger charge is -2.27. The number of nitrogen functional groups attached to an aromatic ring is 1. The number of benzene rings is 3. The van der Waals surface area contributed by atoms with Crippen molar-refractivity contribution >= 4 is 87.3 Å². The first kappa shape index (κ1) is 91.9. The van der Waals surface area contributed by atoms with Crippen LogP contribution in [-0.4, -0.2) is 137 Å². The van der Waals surface area contributed by atoms with E-state index in [-0.39, 0.29) is 24.9 Å². The van der Waals surface area contributed by atoms with Crippen molar-refractivity contribution in [2.24, 2.45) is 0 Å². The van der Waals surface area contributed by atoms with Gasteiger partial charge in [-0.25, -0.2) is 58.5 Å². The maximum atomic E-state index is 12.8. The fraction of sp³-hybridized carbons (Fsp3) is 0.390. The number of carbonyl (C=O) groups excluding carboxylic acids is 7. The minimum atomic E-state index is -0.675. The average Bonchev–Trinajstić information content (AvgIpc) is 0.840. The van der Waals surface area contributed by atoms with Crippen molar-refractivity contribution in [3.05, 3.63) is 206 Å². The Morgan fingerprint density at radius 2 is 0.703 bits per heavy atom. The van der Waals surface area contributed by atoms with Gasteiger partial charge in [0.15, 0.2) is 0 Å². The van der Waals surface area contributed by atoms with E-state index in [0.29, 0.717) is 75.3 Å². The van der Waals surface area contributed by atoms with Crippen LogP contribution in [0.15, 0.2) is 134 Å². The summed E-state index contributed by atoms with van der Waals surface area (Å²) in [6, 6.07) is 30.5. The van der Waals surface area contributed by atoms with Crippen LogP contribution in [0.4, 0.5) is 48.3 Å². The molecule has 8 aromatic rings. The Morgan fingerprint density at radius 3 is 1.03 bits per heavy atom. The van der Waals surface area contributed by atoms with E-state index in [1.165, 1.54) is 61.7 Å². The normalized spacial score (nSPS) is 10.9. The number of hydrogen-bond donors (Lipinski definition) is 3. The lowest BCUT2D eigenvalue weighted by Crippen LogP contribution is -2.37. The van der Waals surface area contributed by atoms with E-state index in [1.807, 2.05) is 134 Å². The smallest absolute Gasteiger partial charge is 0.416 e. The Morgan fingerprint density at radius 1 is 0.405 bits per heavy atom. The molecule has 0 saturated heterocycles. The zero-order valence-corrected chi connectivity index (χ0v) is 69.2. The molecule has 5 heterocycles. The summed E-state index contributed by atoms with van der Waals surface area (Å²) in [6.07, 6.45) is 5.88. The summed E-state index contributed by atoms with van der Waals surface area (Å²) in [4.78, 5) is 110. The molecule has 0 aliphatic heterocycles. The number of aryl methyl sites for hydroxylation is 5. The van der Waals surface area contributed by atoms with Crippen LogP contribution in [0.1, 0.15) is 170 Å². The van der Waals surface area contributed by atoms with Crippen molar-refractivity contribution in [1.82, 2.24) is 24.9 Å². The number of esters is 3. The highest BCUT2D eigenvalue weighted by Gasteiger charge is 2.30. The number of aliphatic hydroxyl groups is 1. The summed E-state index contributed by atoms with van der Waals surface area (Å²) >= 11 is 3.48. The predicted molar refractivity (Wildman–Crippen MR) is 428 cm³/mol. The largest absolute Gasteiger partial charge is 0.497 e. The molecule has 28 nitrogen and oxygen atoms in total. The predicted octanol–water partition coefficient (Wildman–Crippen LogP) is 16.5. The van der Waals surface area contributed by atoms with E-state index < -0.39 is 58.7 Å². The summed E-state index contributed by atoms with van der Waals surface area (Å²) < 4.78 is 51.3. The van der Waals surface area contributed by atoms with Crippen molar-refractivity contribution in [3.8, 4) is 17.2 Å². The molecule has 0 spiro atoms. The first-order valence-corrected chi connectivity index (χ1v) is 36.0. The van der Waals surface area contributed by atoms with Gasteiger partial charge in [0.2, 0.25) is 0 Å². The summed E-state index contributed by atoms with van der Waals surface area (Å²) in [5.74, 6) is 2.73. The molecule has 0 saturated carbocycles. The Bertz CT molecular complexity index is 4290. The number of pyridine rings is 5. The van der Waals surface area contributed by atoms with Gasteiger partial charge < -0.3 is 58.2 Å². The minimum Gasteiger partial charge on any atom is -0.497 e. The third-order valence-electron chi connectivity index (χ3n) is 15.0. The van der Waals surface area contributed by atoms with Crippen LogP contribution in [0.5, 0.6) is 17.2 Å². The Kier molecular flexibility index (Phi) is 35.2. The number of amides is 4. The van der Waals surface area contributed by atoms with E-state index in [9.17, 15) is 38.7 Å². The van der Waals surface area contributed by atoms with Gasteiger partial charge in [-0.05, 0) is 240 Å². The zero-order chi connectivity index (χ0) is 83.3. The zero-order valence-electron chi connectivity index (χ0n) is 67.7. The molecule has 0 unspecified atom stereocenters. The molecular weight excluding hydrogens is 1490 g/mol. The van der Waals surface area contributed by atoms with Crippen molar-refractivity contribution < 1.29 is 86.0 Å². The Balaban J connectivity index is 0.000000299. The van der Waals surface area contributed by atoms with Gasteiger partial charge in [-0.3, -0.25) is 20.0 Å². The molecule has 4 amide bonds. The molecular formula is C82H105BrN10O18. The molecule has 4 N–H and O–H groups in total. The number of aromatic nitrogens is 5. The summed E-state index contributed by atoms with van der Waals surface area (Å²) in [5, 5.41) is 12.7. The van der Waals surface area contributed by atoms with Crippen LogP contribution in [0.3, 0.4) is 0 Å². The van der Waals surface area contributed by atoms with Crippen molar-refractivity contribution in [1.29, 1.82) is 0 Å². The van der Waals surface area contributed by atoms with Gasteiger partial charge >= 0.3 is 42.3 Å². The Hall–Kier alpha value is -11.5. The summed E-state index contributed by atoms with van der Waals surface area (Å²) in [6.45, 7) is 31.5. The molecule has 5 aromatic heterocycles. The van der Waals surface area contributed by atoms with Crippen LogP contribution in [0.2, 0.25) is 0 Å². The van der Waals surface area contributed by atoms with E-state index in [2.05, 4.69) is 55.6 Å². The van der Waals surface area contributed by atoms with E-state index in [0.717, 1.165) is 56.0 Å². The molecule has 0 fully saturated rings. The molecule has 0 bridgehead atoms. The van der Waals surface area contributed by atoms with Gasteiger partial charge in [-0.2, -0.15) is 0 Å². The highest BCUT2D eigenvalue weighted by molar-refractivity contribution is 9.08. The van der Waals surface area contributed by atoms with E-state index >= 15 is 0 Å². The lowest BCUT2D eigenvalue weighted by atomic mass is 10.1. The number of nitrogens with zero attached hydrogens (tertiary/aromatic N) is 8. The topological polar surface area (TPSA) is 344 Å². The molecule has 0 aliphatic carbocycles. The number of hydrogen-bond acceptors (Lipinski definition) is 24. The number of nitrogens with one attached hydrogen (secondary N) is 1. The highest BCUT2D eigenvalue weighted by atomic mass is 79.9. The number of carbonyl (C=O) groups is 7. The fourth-order valence-electron chi connectivity index (χ4n) is 9.31. The number of ether oxygens (including phenoxy) is 10. The SMILES string of the molecule is COC(=O)c1cc(N(Cc2ccc(OC)cc2)C(=O)OC(C)(C)C)ncc1C.COC(=O)c1cc(N)ncc1C.COC(=O)c1cc(NC(=O)OC(C)(C)C)ncc1C.COc1ccc(CN(C(=O)OC(C)(C)C)c2cc(CBr)c(C)cn2)cc1.COc1ccc(CN(C(=O)OC(C)(C)C)c2cc(CO)c(C)cn2)cc1. The fourth-order valence-corrected chi connectivity index (χ4v) is 9.92. The number of rotatable bonds is 18. The molecule has 111 heavy (non-hydrogen) atoms. The highest BCUT2D eigenvalue weighted by Crippen LogP contribution is 2.28. The van der Waals surface area contributed by atoms with Gasteiger partial charge in [-0.1, -0.05) is 52.3 Å². The maximum absolute atomic E-state index is 12.8. The van der Waals surface area contributed by atoms with E-state index in [4.69, 9.17) is 43.6 Å². The molecule has 8 rings (SSSR count). The molecule has 0 atom stereocenters. The van der Waals surface area contributed by atoms with Crippen LogP contribution < -0.4 is 40.0 Å². The van der Waals surface area contributed by atoms with Crippen molar-refractivity contribution in [3.63, 3.8) is 0 Å². The average molecular weight is 1600 g/mol. The van der Waals surface area contributed by atoms with Gasteiger partial charge in [0.05, 0.1) is 85.6 Å². The standard InChI is InChI=1S/C21H26N2O5.C20H25BrN2O3.C20H26N2O4.C13H18N2O4.C8H10N2O2/c1-14-12-22-18(11-17(14)19(24)27-6)23(20(25)28-21(2,3)4)13-15-7-9-16(26-5)10-8-15;1-14-12-22-18(10-16(14)11-21)23(19(24)26-20(2,3)4)13-15-6-8-17(25-5)9-7-15;1-14-11-21-18(10-16(14)13-23)22(19(24)26-20(2,3)4)12-15-6-8-17(25-5)9-7-15;1-8-7-14-10(6-9(8)11(16)18-5)15-12(17)19-13(2,3)4;1-5-4-10-7(9)3-6(5)8(11)12-2/h7-12H,13H2,1-6H3;6-10,12H,11,13H2,1-5H3;6-11,23H,12-13H2,1-5H3;6-7H,1-5H3,(H,14,15,17);3-4H,1-2H3,(H2,9,10). The molecule has 0 aliphatic rings. The second-order valence-corrected chi connectivity index (χ2v) is 29.3. The van der Waals surface area contributed by atoms with Crippen LogP contribution in [0, 0.1) is 34.6 Å². The van der Waals surface area contributed by atoms with Gasteiger partial charge in [0.25, 0.3) is 0 Å². The minimum absolute atomic E-state index is 0.119. The monoisotopic (exact) mass is 1600 g/mol. The maximum Gasteiger partial charge on any atom is 0.416 e. The third-order valence-corrected chi connectivity index (χ3v) is 15.7. The third kappa shape index (κ3) is 31.2. The summed E-state index contributed by atoms with van der Waals surface area (Å²) in [7, 11) is 8.76. The number of aliphatic hydroxyl groups excluding tert-OH is 1. The van der Waals surface area contributed by atoms with Crippen LogP contribution in [-0.2, 0) is 64.7 Å². The van der Waals surface area contributed by atoms with Crippen LogP contribution in [0.25, 0.3) is 0 Å². The molecule has 598 valence electrons. The second-order valence-electron chi connectivity index (χ2n) is 28.7.